The van der Waals surface area contributed by atoms with Crippen LogP contribution in [0.3, 0.4) is 0 Å². The van der Waals surface area contributed by atoms with E-state index in [9.17, 15) is 4.79 Å². The summed E-state index contributed by atoms with van der Waals surface area (Å²) < 4.78 is 2.03. The average Bonchev–Trinajstić information content (AvgIpc) is 3.05. The summed E-state index contributed by atoms with van der Waals surface area (Å²) >= 11 is 1.44. The molecule has 1 aromatic rings. The largest absolute Gasteiger partial charge is 0.307 e. The monoisotopic (exact) mass is 227 g/mol. The first kappa shape index (κ1) is 12.5. The molecule has 1 aliphatic rings. The Balaban J connectivity index is 0.000000531. The van der Waals surface area contributed by atoms with Crippen molar-refractivity contribution < 1.29 is 0 Å². The Bertz CT molecular complexity index is 360. The minimum absolute atomic E-state index is 0.260. The molecule has 2 nitrogen and oxygen atoms in total. The van der Waals surface area contributed by atoms with E-state index < -0.39 is 0 Å². The second-order valence-electron chi connectivity index (χ2n) is 3.55. The number of aromatic nitrogens is 1. The summed E-state index contributed by atoms with van der Waals surface area (Å²) in [5.41, 5.74) is 1.29. The Morgan fingerprint density at radius 2 is 1.87 bits per heavy atom. The molecule has 1 heterocycles. The molecule has 1 aromatic heterocycles. The van der Waals surface area contributed by atoms with E-state index in [1.807, 2.05) is 18.4 Å². The van der Waals surface area contributed by atoms with Crippen molar-refractivity contribution in [3.8, 4) is 0 Å². The highest BCUT2D eigenvalue weighted by Crippen LogP contribution is 2.36. The fourth-order valence-electron chi connectivity index (χ4n) is 1.80. The molecule has 2 rings (SSSR count). The lowest BCUT2D eigenvalue weighted by Crippen LogP contribution is -2.14. The van der Waals surface area contributed by atoms with E-state index in [1.54, 1.807) is 0 Å². The summed E-state index contributed by atoms with van der Waals surface area (Å²) in [5, 5.41) is 0. The van der Waals surface area contributed by atoms with Crippen molar-refractivity contribution in [2.75, 3.05) is 0 Å². The van der Waals surface area contributed by atoms with E-state index in [0.29, 0.717) is 6.04 Å². The summed E-state index contributed by atoms with van der Waals surface area (Å²) in [7, 11) is 0. The average molecular weight is 227 g/mol. The summed E-state index contributed by atoms with van der Waals surface area (Å²) in [6.07, 6.45) is 4.40. The Morgan fingerprint density at radius 3 is 2.27 bits per heavy atom. The molecular weight excluding hydrogens is 206 g/mol. The zero-order chi connectivity index (χ0) is 11.4. The van der Waals surface area contributed by atoms with Gasteiger partial charge in [-0.05, 0) is 25.7 Å². The topological polar surface area (TPSA) is 22.0 Å². The van der Waals surface area contributed by atoms with Gasteiger partial charge in [0.2, 0.25) is 0 Å². The van der Waals surface area contributed by atoms with Crippen LogP contribution < -0.4 is 4.87 Å². The van der Waals surface area contributed by atoms with E-state index in [4.69, 9.17) is 0 Å². The first-order valence-corrected chi connectivity index (χ1v) is 6.82. The van der Waals surface area contributed by atoms with Crippen LogP contribution in [-0.4, -0.2) is 4.57 Å². The molecule has 3 heteroatoms. The lowest BCUT2D eigenvalue weighted by atomic mass is 10.2. The van der Waals surface area contributed by atoms with Crippen molar-refractivity contribution in [3.63, 3.8) is 0 Å². The summed E-state index contributed by atoms with van der Waals surface area (Å²) in [4.78, 5) is 13.2. The molecule has 0 N–H and O–H groups in total. The van der Waals surface area contributed by atoms with Crippen molar-refractivity contribution in [2.45, 2.75) is 59.4 Å². The zero-order valence-corrected chi connectivity index (χ0v) is 11.0. The van der Waals surface area contributed by atoms with E-state index in [1.165, 1.54) is 34.7 Å². The standard InChI is InChI=1S/C10H15NOS.C2H6/c1-3-8-9(4-2)13-10(12)11(8)7-5-6-7;1-2/h7H,3-6H2,1-2H3;1-2H3. The van der Waals surface area contributed by atoms with E-state index in [0.717, 1.165) is 12.8 Å². The van der Waals surface area contributed by atoms with Crippen LogP contribution in [0.2, 0.25) is 0 Å². The molecule has 1 aliphatic carbocycles. The maximum atomic E-state index is 11.6. The van der Waals surface area contributed by atoms with Crippen LogP contribution in [0.25, 0.3) is 0 Å². The normalized spacial score (nSPS) is 14.7. The molecule has 0 saturated heterocycles. The van der Waals surface area contributed by atoms with Gasteiger partial charge in [0.05, 0.1) is 0 Å². The Labute approximate surface area is 95.9 Å². The van der Waals surface area contributed by atoms with Crippen LogP contribution in [0.1, 0.15) is 57.1 Å². The molecule has 0 spiro atoms. The second kappa shape index (κ2) is 5.50. The van der Waals surface area contributed by atoms with Crippen molar-refractivity contribution in [2.24, 2.45) is 0 Å². The predicted octanol–water partition coefficient (Wildman–Crippen LogP) is 3.40. The third kappa shape index (κ3) is 2.51. The molecule has 0 atom stereocenters. The van der Waals surface area contributed by atoms with Gasteiger partial charge in [-0.1, -0.05) is 39.0 Å². The Kier molecular flexibility index (Phi) is 4.58. The first-order chi connectivity index (χ1) is 7.27. The van der Waals surface area contributed by atoms with Gasteiger partial charge in [-0.2, -0.15) is 0 Å². The molecule has 0 radical (unpaired) electrons. The smallest absolute Gasteiger partial charge is 0.300 e. The van der Waals surface area contributed by atoms with Crippen LogP contribution in [0.15, 0.2) is 4.79 Å². The quantitative estimate of drug-likeness (QED) is 0.775. The van der Waals surface area contributed by atoms with Crippen LogP contribution in [0.5, 0.6) is 0 Å². The SMILES string of the molecule is CC.CCc1sc(=O)n(C2CC2)c1CC. The maximum absolute atomic E-state index is 11.6. The van der Waals surface area contributed by atoms with E-state index in [-0.39, 0.29) is 4.87 Å². The van der Waals surface area contributed by atoms with Gasteiger partial charge in [-0.3, -0.25) is 9.36 Å². The summed E-state index contributed by atoms with van der Waals surface area (Å²) in [6, 6.07) is 0.541. The van der Waals surface area contributed by atoms with E-state index >= 15 is 0 Å². The third-order valence-corrected chi connectivity index (χ3v) is 3.73. The van der Waals surface area contributed by atoms with Gasteiger partial charge in [-0.15, -0.1) is 0 Å². The van der Waals surface area contributed by atoms with Gasteiger partial charge in [0.25, 0.3) is 0 Å². The minimum Gasteiger partial charge on any atom is -0.300 e. The van der Waals surface area contributed by atoms with Crippen LogP contribution in [-0.2, 0) is 12.8 Å². The van der Waals surface area contributed by atoms with Gasteiger partial charge in [0, 0.05) is 16.6 Å². The maximum Gasteiger partial charge on any atom is 0.307 e. The highest BCUT2D eigenvalue weighted by atomic mass is 32.1. The fourth-order valence-corrected chi connectivity index (χ4v) is 2.88. The summed E-state index contributed by atoms with van der Waals surface area (Å²) in [5.74, 6) is 0. The van der Waals surface area contributed by atoms with Crippen LogP contribution in [0, 0.1) is 0 Å². The van der Waals surface area contributed by atoms with Gasteiger partial charge in [-0.25, -0.2) is 0 Å². The third-order valence-electron chi connectivity index (χ3n) is 2.59. The van der Waals surface area contributed by atoms with E-state index in [2.05, 4.69) is 13.8 Å². The number of hydrogen-bond donors (Lipinski definition) is 0. The van der Waals surface area contributed by atoms with Crippen LogP contribution >= 0.6 is 11.3 Å². The van der Waals surface area contributed by atoms with Crippen molar-refractivity contribution in [3.05, 3.63) is 20.2 Å². The fraction of sp³-hybridized carbons (Fsp3) is 0.750. The first-order valence-electron chi connectivity index (χ1n) is 6.01. The summed E-state index contributed by atoms with van der Waals surface area (Å²) in [6.45, 7) is 8.27. The Hall–Kier alpha value is -0.570. The number of thiazole rings is 1. The highest BCUT2D eigenvalue weighted by molar-refractivity contribution is 7.09. The van der Waals surface area contributed by atoms with Gasteiger partial charge in [0.1, 0.15) is 0 Å². The van der Waals surface area contributed by atoms with Gasteiger partial charge in [0.15, 0.2) is 0 Å². The zero-order valence-electron chi connectivity index (χ0n) is 10.2. The highest BCUT2D eigenvalue weighted by Gasteiger charge is 2.28. The second-order valence-corrected chi connectivity index (χ2v) is 4.59. The molecule has 15 heavy (non-hydrogen) atoms. The van der Waals surface area contributed by atoms with Crippen molar-refractivity contribution in [1.82, 2.24) is 4.57 Å². The number of nitrogens with zero attached hydrogens (tertiary/aromatic N) is 1. The molecular formula is C12H21NOS. The molecule has 86 valence electrons. The van der Waals surface area contributed by atoms with Gasteiger partial charge >= 0.3 is 4.87 Å². The van der Waals surface area contributed by atoms with Gasteiger partial charge < -0.3 is 0 Å². The number of hydrogen-bond acceptors (Lipinski definition) is 2. The number of aryl methyl sites for hydroxylation is 1. The Morgan fingerprint density at radius 1 is 1.27 bits per heavy atom. The molecule has 0 bridgehead atoms. The lowest BCUT2D eigenvalue weighted by Gasteiger charge is -2.04. The van der Waals surface area contributed by atoms with Crippen LogP contribution in [0.4, 0.5) is 0 Å². The molecule has 0 aromatic carbocycles. The predicted molar refractivity (Wildman–Crippen MR) is 67.0 cm³/mol. The molecule has 0 unspecified atom stereocenters. The minimum atomic E-state index is 0.260. The molecule has 0 aliphatic heterocycles. The lowest BCUT2D eigenvalue weighted by molar-refractivity contribution is 0.679. The molecule has 0 amide bonds. The number of rotatable bonds is 3. The molecule has 1 fully saturated rings. The van der Waals surface area contributed by atoms with Crippen molar-refractivity contribution >= 4 is 11.3 Å². The van der Waals surface area contributed by atoms with Crippen molar-refractivity contribution in [1.29, 1.82) is 0 Å². The molecule has 1 saturated carbocycles.